The molecule has 1 aliphatic rings. The summed E-state index contributed by atoms with van der Waals surface area (Å²) in [6.07, 6.45) is 2.78. The van der Waals surface area contributed by atoms with Crippen LogP contribution >= 0.6 is 0 Å². The minimum absolute atomic E-state index is 0.827. The first-order valence-electron chi connectivity index (χ1n) is 5.44. The number of nitrogens with one attached hydrogen (secondary N) is 1. The maximum Gasteiger partial charge on any atom is 0.0590 e. The van der Waals surface area contributed by atoms with E-state index in [1.54, 1.807) is 0 Å². The van der Waals surface area contributed by atoms with Gasteiger partial charge in [-0.15, -0.1) is 0 Å². The molecule has 0 unspecified atom stereocenters. The summed E-state index contributed by atoms with van der Waals surface area (Å²) in [5, 5.41) is 3.38. The van der Waals surface area contributed by atoms with Gasteiger partial charge in [-0.25, -0.2) is 0 Å². The SMILES string of the molecule is CCOCCNCCN1CCCC1. The monoisotopic (exact) mass is 186 g/mol. The highest BCUT2D eigenvalue weighted by Gasteiger charge is 2.09. The molecular weight excluding hydrogens is 164 g/mol. The van der Waals surface area contributed by atoms with E-state index >= 15 is 0 Å². The van der Waals surface area contributed by atoms with Gasteiger partial charge < -0.3 is 15.0 Å². The Morgan fingerprint density at radius 3 is 2.69 bits per heavy atom. The molecule has 3 heteroatoms. The molecule has 78 valence electrons. The fourth-order valence-corrected chi connectivity index (χ4v) is 1.66. The van der Waals surface area contributed by atoms with Crippen LogP contribution < -0.4 is 5.32 Å². The molecular formula is C10H22N2O. The van der Waals surface area contributed by atoms with Crippen molar-refractivity contribution in [3.05, 3.63) is 0 Å². The van der Waals surface area contributed by atoms with Crippen molar-refractivity contribution in [2.75, 3.05) is 45.9 Å². The van der Waals surface area contributed by atoms with Gasteiger partial charge in [0.05, 0.1) is 6.61 Å². The van der Waals surface area contributed by atoms with Gasteiger partial charge in [-0.1, -0.05) is 0 Å². The Morgan fingerprint density at radius 2 is 2.00 bits per heavy atom. The Hall–Kier alpha value is -0.120. The van der Waals surface area contributed by atoms with Gasteiger partial charge in [0.25, 0.3) is 0 Å². The van der Waals surface area contributed by atoms with Gasteiger partial charge in [0.2, 0.25) is 0 Å². The first kappa shape index (κ1) is 11.0. The quantitative estimate of drug-likeness (QED) is 0.593. The fourth-order valence-electron chi connectivity index (χ4n) is 1.66. The Labute approximate surface area is 81.4 Å². The molecule has 1 aliphatic heterocycles. The molecule has 0 aliphatic carbocycles. The van der Waals surface area contributed by atoms with Crippen LogP contribution in [0.4, 0.5) is 0 Å². The van der Waals surface area contributed by atoms with Crippen LogP contribution in [0.25, 0.3) is 0 Å². The average Bonchev–Trinajstić information content (AvgIpc) is 2.63. The Bertz CT molecular complexity index is 113. The molecule has 0 amide bonds. The van der Waals surface area contributed by atoms with Gasteiger partial charge in [-0.05, 0) is 32.9 Å². The summed E-state index contributed by atoms with van der Waals surface area (Å²) in [7, 11) is 0. The molecule has 0 radical (unpaired) electrons. The first-order chi connectivity index (χ1) is 6.43. The molecule has 1 fully saturated rings. The van der Waals surface area contributed by atoms with E-state index in [-0.39, 0.29) is 0 Å². The van der Waals surface area contributed by atoms with Crippen LogP contribution in [0.15, 0.2) is 0 Å². The zero-order chi connectivity index (χ0) is 9.36. The first-order valence-corrected chi connectivity index (χ1v) is 5.44. The predicted molar refractivity (Wildman–Crippen MR) is 55.0 cm³/mol. The lowest BCUT2D eigenvalue weighted by Crippen LogP contribution is -2.31. The van der Waals surface area contributed by atoms with Gasteiger partial charge in [-0.2, -0.15) is 0 Å². The van der Waals surface area contributed by atoms with Crippen molar-refractivity contribution < 1.29 is 4.74 Å². The Kier molecular flexibility index (Phi) is 6.15. The predicted octanol–water partition coefficient (Wildman–Crippen LogP) is 0.708. The second-order valence-corrected chi connectivity index (χ2v) is 3.50. The van der Waals surface area contributed by atoms with Gasteiger partial charge in [0.1, 0.15) is 0 Å². The lowest BCUT2D eigenvalue weighted by Gasteiger charge is -2.14. The van der Waals surface area contributed by atoms with Gasteiger partial charge in [0.15, 0.2) is 0 Å². The minimum Gasteiger partial charge on any atom is -0.380 e. The number of rotatable bonds is 7. The molecule has 0 aromatic rings. The highest BCUT2D eigenvalue weighted by molar-refractivity contribution is 4.66. The maximum absolute atomic E-state index is 5.23. The summed E-state index contributed by atoms with van der Waals surface area (Å²) in [5.41, 5.74) is 0. The van der Waals surface area contributed by atoms with Crippen molar-refractivity contribution in [2.45, 2.75) is 19.8 Å². The van der Waals surface area contributed by atoms with Crippen LogP contribution in [0.2, 0.25) is 0 Å². The second-order valence-electron chi connectivity index (χ2n) is 3.50. The molecule has 13 heavy (non-hydrogen) atoms. The van der Waals surface area contributed by atoms with Crippen molar-refractivity contribution >= 4 is 0 Å². The Balaban J connectivity index is 1.78. The molecule has 0 bridgehead atoms. The number of nitrogens with zero attached hydrogens (tertiary/aromatic N) is 1. The standard InChI is InChI=1S/C10H22N2O/c1-2-13-10-6-11-5-9-12-7-3-4-8-12/h11H,2-10H2,1H3. The fraction of sp³-hybridized carbons (Fsp3) is 1.00. The minimum atomic E-state index is 0.827. The van der Waals surface area contributed by atoms with Crippen molar-refractivity contribution in [1.82, 2.24) is 10.2 Å². The molecule has 0 aromatic carbocycles. The third-order valence-corrected chi connectivity index (χ3v) is 2.43. The lowest BCUT2D eigenvalue weighted by atomic mass is 10.4. The highest BCUT2D eigenvalue weighted by atomic mass is 16.5. The molecule has 0 saturated carbocycles. The van der Waals surface area contributed by atoms with E-state index in [4.69, 9.17) is 4.74 Å². The molecule has 1 rings (SSSR count). The second kappa shape index (κ2) is 7.30. The number of hydrogen-bond acceptors (Lipinski definition) is 3. The lowest BCUT2D eigenvalue weighted by molar-refractivity contribution is 0.148. The van der Waals surface area contributed by atoms with Gasteiger partial charge >= 0.3 is 0 Å². The van der Waals surface area contributed by atoms with Gasteiger partial charge in [-0.3, -0.25) is 0 Å². The van der Waals surface area contributed by atoms with E-state index in [1.165, 1.54) is 32.5 Å². The highest BCUT2D eigenvalue weighted by Crippen LogP contribution is 2.05. The third kappa shape index (κ3) is 5.24. The zero-order valence-electron chi connectivity index (χ0n) is 8.72. The van der Waals surface area contributed by atoms with Crippen molar-refractivity contribution in [3.63, 3.8) is 0 Å². The summed E-state index contributed by atoms with van der Waals surface area (Å²) in [6.45, 7) is 9.59. The van der Waals surface area contributed by atoms with Crippen molar-refractivity contribution in [1.29, 1.82) is 0 Å². The van der Waals surface area contributed by atoms with Crippen molar-refractivity contribution in [3.8, 4) is 0 Å². The summed E-state index contributed by atoms with van der Waals surface area (Å²) >= 11 is 0. The van der Waals surface area contributed by atoms with E-state index in [0.717, 1.165) is 26.3 Å². The molecule has 3 nitrogen and oxygen atoms in total. The topological polar surface area (TPSA) is 24.5 Å². The molecule has 1 N–H and O–H groups in total. The van der Waals surface area contributed by atoms with Gasteiger partial charge in [0, 0.05) is 26.2 Å². The maximum atomic E-state index is 5.23. The van der Waals surface area contributed by atoms with Crippen LogP contribution in [0, 0.1) is 0 Å². The van der Waals surface area contributed by atoms with Crippen LogP contribution in [-0.4, -0.2) is 50.8 Å². The normalized spacial score (nSPS) is 18.2. The zero-order valence-corrected chi connectivity index (χ0v) is 8.72. The smallest absolute Gasteiger partial charge is 0.0590 e. The summed E-state index contributed by atoms with van der Waals surface area (Å²) in [5.74, 6) is 0. The van der Waals surface area contributed by atoms with E-state index in [9.17, 15) is 0 Å². The van der Waals surface area contributed by atoms with E-state index < -0.39 is 0 Å². The largest absolute Gasteiger partial charge is 0.380 e. The molecule has 0 atom stereocenters. The number of hydrogen-bond donors (Lipinski definition) is 1. The number of likely N-dealkylation sites (tertiary alicyclic amines) is 1. The van der Waals surface area contributed by atoms with Crippen LogP contribution in [0.3, 0.4) is 0 Å². The molecule has 1 saturated heterocycles. The average molecular weight is 186 g/mol. The molecule has 0 spiro atoms. The Morgan fingerprint density at radius 1 is 1.23 bits per heavy atom. The summed E-state index contributed by atoms with van der Waals surface area (Å²) < 4.78 is 5.23. The van der Waals surface area contributed by atoms with E-state index in [1.807, 2.05) is 6.92 Å². The summed E-state index contributed by atoms with van der Waals surface area (Å²) in [4.78, 5) is 2.52. The van der Waals surface area contributed by atoms with E-state index in [0.29, 0.717) is 0 Å². The van der Waals surface area contributed by atoms with Crippen LogP contribution in [-0.2, 0) is 4.74 Å². The van der Waals surface area contributed by atoms with Crippen molar-refractivity contribution in [2.24, 2.45) is 0 Å². The van der Waals surface area contributed by atoms with Crippen LogP contribution in [0.1, 0.15) is 19.8 Å². The molecule has 1 heterocycles. The molecule has 0 aromatic heterocycles. The number of ether oxygens (including phenoxy) is 1. The van der Waals surface area contributed by atoms with E-state index in [2.05, 4.69) is 10.2 Å². The third-order valence-electron chi connectivity index (χ3n) is 2.43. The summed E-state index contributed by atoms with van der Waals surface area (Å²) in [6, 6.07) is 0. The van der Waals surface area contributed by atoms with Crippen LogP contribution in [0.5, 0.6) is 0 Å².